The number of hydrogen-bond donors (Lipinski definition) is 0. The predicted octanol–water partition coefficient (Wildman–Crippen LogP) is 11.0. The van der Waals surface area contributed by atoms with E-state index in [2.05, 4.69) is 144 Å². The highest BCUT2D eigenvalue weighted by Crippen LogP contribution is 2.43. The van der Waals surface area contributed by atoms with Gasteiger partial charge in [-0.3, -0.25) is 4.40 Å². The van der Waals surface area contributed by atoms with E-state index >= 15 is 0 Å². The first-order valence-corrected chi connectivity index (χ1v) is 15.7. The van der Waals surface area contributed by atoms with Gasteiger partial charge in [-0.25, -0.2) is 9.97 Å². The van der Waals surface area contributed by atoms with Crippen LogP contribution in [0.25, 0.3) is 91.8 Å². The van der Waals surface area contributed by atoms with Gasteiger partial charge in [-0.1, -0.05) is 103 Å². The van der Waals surface area contributed by atoms with E-state index in [0.29, 0.717) is 0 Å². The van der Waals surface area contributed by atoms with Crippen LogP contribution in [0.15, 0.2) is 140 Å². The molecule has 0 N–H and O–H groups in total. The Morgan fingerprint density at radius 3 is 1.98 bits per heavy atom. The monoisotopic (exact) mass is 577 g/mol. The van der Waals surface area contributed by atoms with Crippen molar-refractivity contribution in [1.29, 1.82) is 0 Å². The van der Waals surface area contributed by atoms with Crippen molar-refractivity contribution >= 4 is 80.9 Å². The van der Waals surface area contributed by atoms with Crippen LogP contribution in [-0.2, 0) is 0 Å². The molecule has 0 radical (unpaired) electrons. The maximum Gasteiger partial charge on any atom is 0.146 e. The zero-order chi connectivity index (χ0) is 28.8. The molecule has 0 aliphatic carbocycles. The number of imidazole rings is 1. The van der Waals surface area contributed by atoms with Gasteiger partial charge >= 0.3 is 0 Å². The van der Waals surface area contributed by atoms with Gasteiger partial charge in [-0.15, -0.1) is 11.3 Å². The van der Waals surface area contributed by atoms with Crippen molar-refractivity contribution in [1.82, 2.24) is 14.4 Å². The van der Waals surface area contributed by atoms with Gasteiger partial charge < -0.3 is 0 Å². The quantitative estimate of drug-likeness (QED) is 0.191. The molecule has 0 saturated carbocycles. The molecule has 0 spiro atoms. The molecule has 0 aliphatic heterocycles. The molecule has 0 saturated heterocycles. The average molecular weight is 578 g/mol. The summed E-state index contributed by atoms with van der Waals surface area (Å²) in [6, 6.07) is 50.1. The zero-order valence-electron chi connectivity index (χ0n) is 23.5. The molecule has 3 nitrogen and oxygen atoms in total. The van der Waals surface area contributed by atoms with Crippen LogP contribution in [0.1, 0.15) is 0 Å². The van der Waals surface area contributed by atoms with E-state index in [1.807, 2.05) is 0 Å². The van der Waals surface area contributed by atoms with Crippen molar-refractivity contribution in [2.24, 2.45) is 0 Å². The van der Waals surface area contributed by atoms with Crippen LogP contribution in [0.3, 0.4) is 0 Å². The molecule has 4 heterocycles. The highest BCUT2D eigenvalue weighted by atomic mass is 32.1. The largest absolute Gasteiger partial charge is 0.292 e. The van der Waals surface area contributed by atoms with Crippen molar-refractivity contribution in [3.05, 3.63) is 140 Å². The van der Waals surface area contributed by atoms with Crippen molar-refractivity contribution in [2.45, 2.75) is 0 Å². The summed E-state index contributed by atoms with van der Waals surface area (Å²) < 4.78 is 3.58. The Hall–Kier alpha value is -5.58. The highest BCUT2D eigenvalue weighted by molar-refractivity contribution is 7.25. The number of nitrogens with zero attached hydrogens (tertiary/aromatic N) is 3. The Kier molecular flexibility index (Phi) is 4.87. The Bertz CT molecular complexity index is 2770. The second-order valence-corrected chi connectivity index (χ2v) is 12.4. The highest BCUT2D eigenvalue weighted by Gasteiger charge is 2.17. The minimum Gasteiger partial charge on any atom is -0.292 e. The first-order chi connectivity index (χ1) is 21.8. The summed E-state index contributed by atoms with van der Waals surface area (Å²) in [7, 11) is 0. The molecule has 0 aliphatic rings. The molecule has 0 unspecified atom stereocenters. The maximum absolute atomic E-state index is 5.07. The van der Waals surface area contributed by atoms with Crippen molar-refractivity contribution in [3.8, 4) is 22.3 Å². The molecule has 0 bridgehead atoms. The number of para-hydroxylation sites is 3. The van der Waals surface area contributed by atoms with E-state index in [1.165, 1.54) is 64.8 Å². The first-order valence-electron chi connectivity index (χ1n) is 14.8. The lowest BCUT2D eigenvalue weighted by Crippen LogP contribution is -1.92. The summed E-state index contributed by atoms with van der Waals surface area (Å²) in [5.41, 5.74) is 10.2. The third-order valence-electron chi connectivity index (χ3n) is 8.99. The van der Waals surface area contributed by atoms with Crippen molar-refractivity contribution in [2.75, 3.05) is 0 Å². The zero-order valence-corrected chi connectivity index (χ0v) is 24.3. The van der Waals surface area contributed by atoms with Gasteiger partial charge in [-0.05, 0) is 58.5 Å². The number of aromatic nitrogens is 3. The molecule has 6 aromatic carbocycles. The molecular formula is C40H23N3S. The van der Waals surface area contributed by atoms with Gasteiger partial charge in [0.25, 0.3) is 0 Å². The lowest BCUT2D eigenvalue weighted by atomic mass is 9.94. The average Bonchev–Trinajstić information content (AvgIpc) is 3.66. The van der Waals surface area contributed by atoms with Gasteiger partial charge in [0, 0.05) is 37.2 Å². The summed E-state index contributed by atoms with van der Waals surface area (Å²) in [5, 5.41) is 7.31. The van der Waals surface area contributed by atoms with Crippen LogP contribution in [0.4, 0.5) is 0 Å². The van der Waals surface area contributed by atoms with Gasteiger partial charge in [0.15, 0.2) is 0 Å². The standard InChI is InChI=1S/C40H23N3S/c1-2-10-28-27(9-1)31-23-26(21-22-34(31)43-35-15-7-6-14-33(35)41-39(28)43)24-17-19-25(20-18-24)37-29-11-3-5-13-32(29)42-40-38(37)30-12-4-8-16-36(30)44-40/h1-23H. The van der Waals surface area contributed by atoms with Crippen molar-refractivity contribution < 1.29 is 0 Å². The third-order valence-corrected chi connectivity index (χ3v) is 10.1. The smallest absolute Gasteiger partial charge is 0.146 e. The fraction of sp³-hybridized carbons (Fsp3) is 0. The number of rotatable bonds is 2. The third kappa shape index (κ3) is 3.31. The van der Waals surface area contributed by atoms with Crippen LogP contribution in [0.5, 0.6) is 0 Å². The molecule has 204 valence electrons. The van der Waals surface area contributed by atoms with Crippen LogP contribution in [-0.4, -0.2) is 14.4 Å². The number of fused-ring (bicyclic) bond motifs is 12. The van der Waals surface area contributed by atoms with E-state index < -0.39 is 0 Å². The Balaban J connectivity index is 1.19. The summed E-state index contributed by atoms with van der Waals surface area (Å²) in [4.78, 5) is 11.2. The molecule has 10 rings (SSSR count). The Morgan fingerprint density at radius 1 is 0.455 bits per heavy atom. The number of hydrogen-bond acceptors (Lipinski definition) is 3. The normalized spacial score (nSPS) is 12.1. The van der Waals surface area contributed by atoms with Gasteiger partial charge in [0.05, 0.1) is 22.1 Å². The Labute approximate surface area is 256 Å². The van der Waals surface area contributed by atoms with Crippen LogP contribution in [0.2, 0.25) is 0 Å². The summed E-state index contributed by atoms with van der Waals surface area (Å²) >= 11 is 1.77. The van der Waals surface area contributed by atoms with Crippen LogP contribution >= 0.6 is 11.3 Å². The molecule has 0 fully saturated rings. The molecule has 4 aromatic heterocycles. The molecule has 4 heteroatoms. The summed E-state index contributed by atoms with van der Waals surface area (Å²) in [5.74, 6) is 0. The summed E-state index contributed by atoms with van der Waals surface area (Å²) in [6.07, 6.45) is 0. The lowest BCUT2D eigenvalue weighted by Gasteiger charge is -2.12. The van der Waals surface area contributed by atoms with E-state index in [0.717, 1.165) is 27.0 Å². The first kappa shape index (κ1) is 23.9. The number of benzene rings is 6. The van der Waals surface area contributed by atoms with Gasteiger partial charge in [0.2, 0.25) is 0 Å². The fourth-order valence-electron chi connectivity index (χ4n) is 7.00. The minimum absolute atomic E-state index is 1.00. The van der Waals surface area contributed by atoms with Gasteiger partial charge in [0.1, 0.15) is 10.5 Å². The second kappa shape index (κ2) is 8.96. The predicted molar refractivity (Wildman–Crippen MR) is 187 cm³/mol. The van der Waals surface area contributed by atoms with E-state index in [9.17, 15) is 0 Å². The maximum atomic E-state index is 5.07. The SMILES string of the molecule is c1ccc2c(-c3ccc(-c4ccc5c(c4)c4ccccc4c4nc6ccccc6n54)cc3)c3c(nc2c1)sc1ccccc13. The molecule has 0 atom stereocenters. The number of thiophene rings is 1. The molecule has 44 heavy (non-hydrogen) atoms. The topological polar surface area (TPSA) is 30.2 Å². The van der Waals surface area contributed by atoms with E-state index in [1.54, 1.807) is 11.3 Å². The summed E-state index contributed by atoms with van der Waals surface area (Å²) in [6.45, 7) is 0. The number of pyridine rings is 2. The molecule has 10 aromatic rings. The Morgan fingerprint density at radius 2 is 1.11 bits per heavy atom. The van der Waals surface area contributed by atoms with E-state index in [-0.39, 0.29) is 0 Å². The fourth-order valence-corrected chi connectivity index (χ4v) is 8.09. The second-order valence-electron chi connectivity index (χ2n) is 11.4. The van der Waals surface area contributed by atoms with Crippen LogP contribution in [0, 0.1) is 0 Å². The van der Waals surface area contributed by atoms with Crippen LogP contribution < -0.4 is 0 Å². The van der Waals surface area contributed by atoms with Gasteiger partial charge in [-0.2, -0.15) is 0 Å². The molecular weight excluding hydrogens is 555 g/mol. The lowest BCUT2D eigenvalue weighted by molar-refractivity contribution is 1.31. The van der Waals surface area contributed by atoms with E-state index in [4.69, 9.17) is 9.97 Å². The molecule has 0 amide bonds. The minimum atomic E-state index is 1.00. The van der Waals surface area contributed by atoms with Crippen molar-refractivity contribution in [3.63, 3.8) is 0 Å².